The molecule has 1 N–H and O–H groups in total. The molecule has 2 aliphatic carbocycles. The van der Waals surface area contributed by atoms with Gasteiger partial charge in [0.1, 0.15) is 5.54 Å². The van der Waals surface area contributed by atoms with Crippen molar-refractivity contribution in [2.24, 2.45) is 5.92 Å². The molecule has 3 fully saturated rings. The van der Waals surface area contributed by atoms with Gasteiger partial charge < -0.3 is 10.2 Å². The Hall–Kier alpha value is -2.58. The zero-order valence-electron chi connectivity index (χ0n) is 20.0. The zero-order chi connectivity index (χ0) is 25.7. The van der Waals surface area contributed by atoms with Crippen molar-refractivity contribution in [1.29, 1.82) is 5.26 Å². The van der Waals surface area contributed by atoms with Crippen LogP contribution in [-0.4, -0.2) is 55.4 Å². The second kappa shape index (κ2) is 9.06. The highest BCUT2D eigenvalue weighted by molar-refractivity contribution is 7.91. The number of nitrogens with one attached hydrogen (secondary N) is 1. The number of carbonyl (C=O) groups excluding carboxylic acids is 1. The van der Waals surface area contributed by atoms with E-state index >= 15 is 0 Å². The number of rotatable bonds is 5. The van der Waals surface area contributed by atoms with Crippen LogP contribution >= 0.6 is 11.3 Å². The van der Waals surface area contributed by atoms with Crippen LogP contribution in [0.5, 0.6) is 0 Å². The molecule has 0 spiro atoms. The fourth-order valence-corrected chi connectivity index (χ4v) is 7.49. The number of amides is 1. The van der Waals surface area contributed by atoms with E-state index in [1.165, 1.54) is 11.3 Å². The lowest BCUT2D eigenvalue weighted by Crippen LogP contribution is -2.45. The molecule has 36 heavy (non-hydrogen) atoms. The van der Waals surface area contributed by atoms with Gasteiger partial charge in [-0.25, -0.2) is 22.2 Å². The minimum absolute atomic E-state index is 0.132. The van der Waals surface area contributed by atoms with Crippen LogP contribution in [0.4, 0.5) is 14.5 Å². The predicted octanol–water partition coefficient (Wildman–Crippen LogP) is 4.04. The molecule has 1 aromatic carbocycles. The summed E-state index contributed by atoms with van der Waals surface area (Å²) in [5.41, 5.74) is 1.53. The molecule has 0 radical (unpaired) electrons. The topological polar surface area (TPSA) is 103 Å². The van der Waals surface area contributed by atoms with Crippen LogP contribution in [0.2, 0.25) is 0 Å². The first kappa shape index (κ1) is 25.1. The van der Waals surface area contributed by atoms with Crippen molar-refractivity contribution in [2.45, 2.75) is 56.4 Å². The molecule has 1 aliphatic heterocycles. The van der Waals surface area contributed by atoms with Gasteiger partial charge in [-0.15, -0.1) is 11.3 Å². The Morgan fingerprint density at radius 2 is 1.86 bits per heavy atom. The molecular weight excluding hydrogens is 506 g/mol. The quantitative estimate of drug-likeness (QED) is 0.621. The highest BCUT2D eigenvalue weighted by Gasteiger charge is 2.50. The molecule has 2 saturated carbocycles. The number of carbonyl (C=O) groups is 1. The molecule has 1 saturated heterocycles. The van der Waals surface area contributed by atoms with E-state index in [0.29, 0.717) is 31.6 Å². The molecule has 192 valence electrons. The summed E-state index contributed by atoms with van der Waals surface area (Å²) < 4.78 is 52.4. The van der Waals surface area contributed by atoms with Crippen LogP contribution in [-0.2, 0) is 14.6 Å². The Morgan fingerprint density at radius 3 is 2.47 bits per heavy atom. The maximum atomic E-state index is 14.4. The third-order valence-corrected chi connectivity index (χ3v) is 10.1. The summed E-state index contributed by atoms with van der Waals surface area (Å²) in [6.07, 6.45) is 0.419. The van der Waals surface area contributed by atoms with Gasteiger partial charge in [0.15, 0.2) is 9.84 Å². The van der Waals surface area contributed by atoms with Gasteiger partial charge >= 0.3 is 0 Å². The van der Waals surface area contributed by atoms with Gasteiger partial charge in [-0.05, 0) is 38.3 Å². The lowest BCUT2D eigenvalue weighted by atomic mass is 9.75. The summed E-state index contributed by atoms with van der Waals surface area (Å²) in [5, 5.41) is 12.9. The number of benzene rings is 1. The molecule has 5 rings (SSSR count). The molecule has 1 aromatic heterocycles. The number of aryl methyl sites for hydroxylation is 1. The average molecular weight is 535 g/mol. The smallest absolute Gasteiger partial charge is 0.249 e. The molecule has 2 heterocycles. The largest absolute Gasteiger partial charge is 0.369 e. The number of anilines is 1. The predicted molar refractivity (Wildman–Crippen MR) is 134 cm³/mol. The molecule has 2 atom stereocenters. The summed E-state index contributed by atoms with van der Waals surface area (Å²) in [6, 6.07) is 9.79. The van der Waals surface area contributed by atoms with Crippen LogP contribution in [0.25, 0.3) is 11.3 Å². The van der Waals surface area contributed by atoms with Crippen LogP contribution in [0.1, 0.15) is 47.9 Å². The summed E-state index contributed by atoms with van der Waals surface area (Å²) in [6.45, 7) is 2.75. The van der Waals surface area contributed by atoms with Crippen LogP contribution < -0.4 is 10.2 Å². The van der Waals surface area contributed by atoms with Crippen molar-refractivity contribution in [3.8, 4) is 17.3 Å². The van der Waals surface area contributed by atoms with E-state index in [1.807, 2.05) is 36.1 Å². The number of nitriles is 1. The molecule has 0 bridgehead atoms. The third-order valence-electron chi connectivity index (χ3n) is 7.44. The van der Waals surface area contributed by atoms with Gasteiger partial charge in [0.25, 0.3) is 0 Å². The molecule has 3 aliphatic rings. The Bertz CT molecular complexity index is 1300. The lowest BCUT2D eigenvalue weighted by Gasteiger charge is -2.35. The Balaban J connectivity index is 1.41. The van der Waals surface area contributed by atoms with Gasteiger partial charge in [-0.3, -0.25) is 4.79 Å². The number of hydrogen-bond acceptors (Lipinski definition) is 7. The van der Waals surface area contributed by atoms with Gasteiger partial charge in [-0.1, -0.05) is 12.1 Å². The highest BCUT2D eigenvalue weighted by atomic mass is 32.2. The minimum Gasteiger partial charge on any atom is -0.369 e. The molecule has 7 nitrogen and oxygen atoms in total. The van der Waals surface area contributed by atoms with Crippen molar-refractivity contribution in [1.82, 2.24) is 10.3 Å². The summed E-state index contributed by atoms with van der Waals surface area (Å²) in [5.74, 6) is -4.49. The normalized spacial score (nSPS) is 26.1. The van der Waals surface area contributed by atoms with Crippen molar-refractivity contribution < 1.29 is 22.0 Å². The summed E-state index contributed by atoms with van der Waals surface area (Å²) >= 11 is 1.43. The number of sulfone groups is 1. The number of aromatic nitrogens is 1. The van der Waals surface area contributed by atoms with E-state index in [0.717, 1.165) is 21.1 Å². The Kier molecular flexibility index (Phi) is 6.32. The Labute approximate surface area is 213 Å². The molecule has 11 heteroatoms. The summed E-state index contributed by atoms with van der Waals surface area (Å²) in [4.78, 5) is 20.7. The second-order valence-electron chi connectivity index (χ2n) is 10.1. The fraction of sp³-hybridized carbons (Fsp3) is 0.560. The Morgan fingerprint density at radius 1 is 1.19 bits per heavy atom. The van der Waals surface area contributed by atoms with E-state index in [1.54, 1.807) is 0 Å². The number of hydrogen-bond donors (Lipinski definition) is 1. The van der Waals surface area contributed by atoms with Crippen molar-refractivity contribution >= 4 is 32.8 Å². The van der Waals surface area contributed by atoms with E-state index < -0.39 is 45.5 Å². The molecule has 2 unspecified atom stereocenters. The first-order valence-corrected chi connectivity index (χ1v) is 14.8. The highest BCUT2D eigenvalue weighted by Crippen LogP contribution is 2.49. The van der Waals surface area contributed by atoms with E-state index in [-0.39, 0.29) is 24.3 Å². The van der Waals surface area contributed by atoms with E-state index in [2.05, 4.69) is 11.4 Å². The number of nitrogens with zero attached hydrogens (tertiary/aromatic N) is 3. The van der Waals surface area contributed by atoms with Gasteiger partial charge in [0.05, 0.1) is 34.2 Å². The SMILES string of the molecule is Cc1nc(-c2ccc(N3CCS(=O)(=O)CC3)cc2)c(C2CCC(F)(F)CC2C(=O)NC2(C#N)CC2)s1. The first-order valence-electron chi connectivity index (χ1n) is 12.1. The minimum atomic E-state index is -2.97. The van der Waals surface area contributed by atoms with Gasteiger partial charge in [-0.2, -0.15) is 5.26 Å². The average Bonchev–Trinajstić information content (AvgIpc) is 3.50. The molecule has 2 aromatic rings. The van der Waals surface area contributed by atoms with Gasteiger partial charge in [0.2, 0.25) is 11.8 Å². The van der Waals surface area contributed by atoms with Gasteiger partial charge in [0, 0.05) is 48.0 Å². The van der Waals surface area contributed by atoms with Crippen LogP contribution in [0.15, 0.2) is 24.3 Å². The number of thiazole rings is 1. The lowest BCUT2D eigenvalue weighted by molar-refractivity contribution is -0.134. The number of alkyl halides is 2. The third kappa shape index (κ3) is 5.11. The molecule has 1 amide bonds. The maximum Gasteiger partial charge on any atom is 0.249 e. The van der Waals surface area contributed by atoms with E-state index in [4.69, 9.17) is 4.98 Å². The zero-order valence-corrected chi connectivity index (χ0v) is 21.6. The fourth-order valence-electron chi connectivity index (χ4n) is 5.14. The maximum absolute atomic E-state index is 14.4. The molecular formula is C25H28F2N4O3S2. The number of halogens is 2. The first-order chi connectivity index (χ1) is 17.0. The van der Waals surface area contributed by atoms with Crippen molar-refractivity contribution in [3.63, 3.8) is 0 Å². The monoisotopic (exact) mass is 534 g/mol. The van der Waals surface area contributed by atoms with Crippen molar-refractivity contribution in [3.05, 3.63) is 34.2 Å². The standard InChI is InChI=1S/C25H28F2N4O3S2/c1-16-29-21(17-2-4-18(5-3-17)31-10-12-36(33,34)13-11-31)22(35-16)19-6-7-25(26,27)14-20(19)23(32)30-24(15-28)8-9-24/h2-5,19-20H,6-14H2,1H3,(H,30,32). The van der Waals surface area contributed by atoms with Crippen molar-refractivity contribution in [2.75, 3.05) is 29.5 Å². The van der Waals surface area contributed by atoms with Crippen LogP contribution in [0, 0.1) is 24.2 Å². The summed E-state index contributed by atoms with van der Waals surface area (Å²) in [7, 11) is -2.97. The second-order valence-corrected chi connectivity index (χ2v) is 13.7. The van der Waals surface area contributed by atoms with Crippen LogP contribution in [0.3, 0.4) is 0 Å². The van der Waals surface area contributed by atoms with E-state index in [9.17, 15) is 27.3 Å².